The molecule has 0 aliphatic heterocycles. The molecule has 0 unspecified atom stereocenters. The van der Waals surface area contributed by atoms with E-state index in [4.69, 9.17) is 5.11 Å². The number of allylic oxidation sites excluding steroid dienone is 1. The molecule has 3 rings (SSSR count). The fourth-order valence-electron chi connectivity index (χ4n) is 2.73. The molecule has 0 saturated heterocycles. The Kier molecular flexibility index (Phi) is 4.16. The van der Waals surface area contributed by atoms with E-state index in [0.29, 0.717) is 12.2 Å². The molecule has 0 aliphatic carbocycles. The summed E-state index contributed by atoms with van der Waals surface area (Å²) in [5.41, 5.74) is 2.53. The van der Waals surface area contributed by atoms with Crippen molar-refractivity contribution in [1.82, 2.24) is 4.57 Å². The highest BCUT2D eigenvalue weighted by Crippen LogP contribution is 2.33. The number of carboxylic acid groups (broad SMARTS) is 1. The number of nitrogens with zero attached hydrogens (tertiary/aromatic N) is 2. The molecule has 120 valence electrons. The van der Waals surface area contributed by atoms with Crippen LogP contribution in [0.5, 0.6) is 0 Å². The molecule has 5 nitrogen and oxygen atoms in total. The number of carbonyl (C=O) groups excluding carboxylic acids is 1. The highest BCUT2D eigenvalue weighted by molar-refractivity contribution is 6.02. The normalized spacial score (nSPS) is 10.5. The van der Waals surface area contributed by atoms with E-state index < -0.39 is 5.97 Å². The number of aromatic carboxylic acids is 1. The largest absolute Gasteiger partial charge is 0.478 e. The first kappa shape index (κ1) is 15.6. The maximum absolute atomic E-state index is 11.7. The van der Waals surface area contributed by atoms with Crippen LogP contribution in [0.3, 0.4) is 0 Å². The van der Waals surface area contributed by atoms with Crippen molar-refractivity contribution in [1.29, 1.82) is 0 Å². The number of amides is 1. The summed E-state index contributed by atoms with van der Waals surface area (Å²) >= 11 is 0. The molecular formula is C19H16N2O3. The summed E-state index contributed by atoms with van der Waals surface area (Å²) in [6.45, 7) is 4.39. The number of benzene rings is 2. The fourth-order valence-corrected chi connectivity index (χ4v) is 2.73. The van der Waals surface area contributed by atoms with E-state index in [1.54, 1.807) is 18.2 Å². The Morgan fingerprint density at radius 1 is 1.17 bits per heavy atom. The molecular weight excluding hydrogens is 304 g/mol. The van der Waals surface area contributed by atoms with Crippen LogP contribution in [0.1, 0.15) is 10.4 Å². The number of fused-ring (bicyclic) bond motifs is 1. The van der Waals surface area contributed by atoms with Crippen LogP contribution in [-0.2, 0) is 11.3 Å². The molecule has 1 N–H and O–H groups in total. The molecule has 1 amide bonds. The van der Waals surface area contributed by atoms with E-state index in [1.807, 2.05) is 35.0 Å². The zero-order valence-corrected chi connectivity index (χ0v) is 12.9. The molecule has 0 atom stereocenters. The number of anilines is 2. The average Bonchev–Trinajstić information content (AvgIpc) is 2.95. The summed E-state index contributed by atoms with van der Waals surface area (Å²) in [5.74, 6) is -0.998. The predicted molar refractivity (Wildman–Crippen MR) is 93.7 cm³/mol. The molecule has 0 fully saturated rings. The molecule has 0 bridgehead atoms. The van der Waals surface area contributed by atoms with Crippen LogP contribution in [0.2, 0.25) is 0 Å². The van der Waals surface area contributed by atoms with Crippen LogP contribution in [0, 0.1) is 0 Å². The Morgan fingerprint density at radius 3 is 2.50 bits per heavy atom. The minimum absolute atomic E-state index is 0.179. The molecule has 5 heteroatoms. The first-order valence-corrected chi connectivity index (χ1v) is 7.42. The molecule has 0 radical (unpaired) electrons. The van der Waals surface area contributed by atoms with Crippen LogP contribution in [0.25, 0.3) is 10.9 Å². The van der Waals surface area contributed by atoms with Gasteiger partial charge in [-0.25, -0.2) is 4.79 Å². The third-order valence-corrected chi connectivity index (χ3v) is 3.85. The lowest BCUT2D eigenvalue weighted by Crippen LogP contribution is -2.14. The fraction of sp³-hybridized carbons (Fsp3) is 0.0526. The van der Waals surface area contributed by atoms with Crippen molar-refractivity contribution in [2.75, 3.05) is 4.90 Å². The number of hydrogen-bond donors (Lipinski definition) is 1. The van der Waals surface area contributed by atoms with Crippen LogP contribution >= 0.6 is 0 Å². The van der Waals surface area contributed by atoms with Crippen LogP contribution in [-0.4, -0.2) is 22.1 Å². The quantitative estimate of drug-likeness (QED) is 0.555. The first-order valence-electron chi connectivity index (χ1n) is 7.42. The highest BCUT2D eigenvalue weighted by Gasteiger charge is 2.16. The van der Waals surface area contributed by atoms with Gasteiger partial charge in [-0.15, -0.1) is 6.58 Å². The lowest BCUT2D eigenvalue weighted by Gasteiger charge is -2.16. The van der Waals surface area contributed by atoms with E-state index in [0.717, 1.165) is 23.0 Å². The number of carbonyl (C=O) groups is 2. The Labute approximate surface area is 139 Å². The van der Waals surface area contributed by atoms with E-state index in [9.17, 15) is 9.59 Å². The van der Waals surface area contributed by atoms with Crippen molar-refractivity contribution >= 4 is 34.7 Å². The summed E-state index contributed by atoms with van der Waals surface area (Å²) in [5, 5.41) is 9.94. The molecule has 0 aliphatic rings. The van der Waals surface area contributed by atoms with Gasteiger partial charge in [0.25, 0.3) is 0 Å². The van der Waals surface area contributed by atoms with Gasteiger partial charge < -0.3 is 9.67 Å². The van der Waals surface area contributed by atoms with Gasteiger partial charge in [0.05, 0.1) is 16.8 Å². The zero-order valence-electron chi connectivity index (χ0n) is 12.9. The number of carboxylic acids is 1. The lowest BCUT2D eigenvalue weighted by atomic mass is 10.1. The zero-order chi connectivity index (χ0) is 17.1. The second-order valence-electron chi connectivity index (χ2n) is 5.30. The van der Waals surface area contributed by atoms with Crippen molar-refractivity contribution in [2.45, 2.75) is 6.54 Å². The molecule has 0 spiro atoms. The SMILES string of the molecule is C=CCn1cc(N(C=O)c2ccc(C(=O)O)cc2)c2ccccc21. The highest BCUT2D eigenvalue weighted by atomic mass is 16.4. The van der Waals surface area contributed by atoms with Gasteiger partial charge in [-0.3, -0.25) is 9.69 Å². The van der Waals surface area contributed by atoms with Crippen molar-refractivity contribution in [2.24, 2.45) is 0 Å². The van der Waals surface area contributed by atoms with Crippen molar-refractivity contribution in [3.63, 3.8) is 0 Å². The topological polar surface area (TPSA) is 62.5 Å². The molecule has 1 aromatic heterocycles. The number of hydrogen-bond acceptors (Lipinski definition) is 2. The lowest BCUT2D eigenvalue weighted by molar-refractivity contribution is -0.106. The maximum Gasteiger partial charge on any atom is 0.335 e. The molecule has 1 heterocycles. The van der Waals surface area contributed by atoms with E-state index >= 15 is 0 Å². The standard InChI is InChI=1S/C19H16N2O3/c1-2-11-20-12-18(16-5-3-4-6-17(16)20)21(13-22)15-9-7-14(8-10-15)19(23)24/h2-10,12-13H,1,11H2,(H,23,24). The second-order valence-corrected chi connectivity index (χ2v) is 5.30. The minimum atomic E-state index is -0.998. The predicted octanol–water partition coefficient (Wildman–Crippen LogP) is 3.82. The van der Waals surface area contributed by atoms with E-state index in [2.05, 4.69) is 6.58 Å². The summed E-state index contributed by atoms with van der Waals surface area (Å²) in [6, 6.07) is 14.0. The number of aromatic nitrogens is 1. The monoisotopic (exact) mass is 320 g/mol. The summed E-state index contributed by atoms with van der Waals surface area (Å²) in [7, 11) is 0. The average molecular weight is 320 g/mol. The summed E-state index contributed by atoms with van der Waals surface area (Å²) in [4.78, 5) is 24.2. The van der Waals surface area contributed by atoms with Crippen molar-refractivity contribution in [3.05, 3.63) is 72.9 Å². The minimum Gasteiger partial charge on any atom is -0.478 e. The van der Waals surface area contributed by atoms with E-state index in [1.165, 1.54) is 17.0 Å². The Balaban J connectivity index is 2.11. The van der Waals surface area contributed by atoms with E-state index in [-0.39, 0.29) is 5.56 Å². The molecule has 2 aromatic carbocycles. The van der Waals surface area contributed by atoms with Crippen molar-refractivity contribution < 1.29 is 14.7 Å². The van der Waals surface area contributed by atoms with Gasteiger partial charge in [-0.05, 0) is 30.3 Å². The Morgan fingerprint density at radius 2 is 1.88 bits per heavy atom. The van der Waals surface area contributed by atoms with Crippen LogP contribution in [0.15, 0.2) is 67.4 Å². The Bertz CT molecular complexity index is 910. The van der Waals surface area contributed by atoms with Crippen LogP contribution < -0.4 is 4.90 Å². The number of rotatable bonds is 6. The Hall–Kier alpha value is -3.34. The van der Waals surface area contributed by atoms with Gasteiger partial charge in [-0.2, -0.15) is 0 Å². The second kappa shape index (κ2) is 6.42. The van der Waals surface area contributed by atoms with Gasteiger partial charge in [0, 0.05) is 23.8 Å². The maximum atomic E-state index is 11.7. The van der Waals surface area contributed by atoms with Gasteiger partial charge in [0.15, 0.2) is 0 Å². The first-order chi connectivity index (χ1) is 11.7. The smallest absolute Gasteiger partial charge is 0.335 e. The van der Waals surface area contributed by atoms with Gasteiger partial charge in [0.2, 0.25) is 6.41 Å². The molecule has 24 heavy (non-hydrogen) atoms. The third kappa shape index (κ3) is 2.67. The van der Waals surface area contributed by atoms with Gasteiger partial charge in [-0.1, -0.05) is 24.3 Å². The summed E-state index contributed by atoms with van der Waals surface area (Å²) < 4.78 is 2.01. The third-order valence-electron chi connectivity index (χ3n) is 3.85. The summed E-state index contributed by atoms with van der Waals surface area (Å²) in [6.07, 6.45) is 4.42. The molecule has 3 aromatic rings. The van der Waals surface area contributed by atoms with Crippen molar-refractivity contribution in [3.8, 4) is 0 Å². The van der Waals surface area contributed by atoms with Crippen LogP contribution in [0.4, 0.5) is 11.4 Å². The molecule has 0 saturated carbocycles. The van der Waals surface area contributed by atoms with Gasteiger partial charge >= 0.3 is 5.97 Å². The van der Waals surface area contributed by atoms with Gasteiger partial charge in [0.1, 0.15) is 0 Å². The number of para-hydroxylation sites is 1.